The molecule has 1 aromatic heterocycles. The molecule has 1 aliphatic rings. The van der Waals surface area contributed by atoms with Crippen molar-refractivity contribution in [2.24, 2.45) is 11.1 Å². The van der Waals surface area contributed by atoms with E-state index in [1.54, 1.807) is 25.4 Å². The Morgan fingerprint density at radius 2 is 2.37 bits per heavy atom. The van der Waals surface area contributed by atoms with Crippen LogP contribution in [0.5, 0.6) is 0 Å². The summed E-state index contributed by atoms with van der Waals surface area (Å²) in [6.07, 6.45) is 4.96. The molecule has 0 aliphatic heterocycles. The zero-order chi connectivity index (χ0) is 13.7. The van der Waals surface area contributed by atoms with Crippen LogP contribution in [0.4, 0.5) is 0 Å². The third kappa shape index (κ3) is 3.75. The van der Waals surface area contributed by atoms with Gasteiger partial charge in [-0.3, -0.25) is 9.78 Å². The van der Waals surface area contributed by atoms with E-state index in [2.05, 4.69) is 10.3 Å². The Bertz CT molecular complexity index is 444. The first-order valence-corrected chi connectivity index (χ1v) is 6.61. The van der Waals surface area contributed by atoms with Crippen LogP contribution in [-0.4, -0.2) is 31.2 Å². The molecule has 0 spiro atoms. The first-order valence-electron chi connectivity index (χ1n) is 6.61. The summed E-state index contributed by atoms with van der Waals surface area (Å²) in [7, 11) is 1.71. The lowest BCUT2D eigenvalue weighted by Crippen LogP contribution is -2.31. The monoisotopic (exact) mass is 263 g/mol. The third-order valence-corrected chi connectivity index (χ3v) is 3.71. The Morgan fingerprint density at radius 1 is 1.58 bits per heavy atom. The Hall–Kier alpha value is -1.46. The molecular formula is C14H21N3O2. The van der Waals surface area contributed by atoms with E-state index >= 15 is 0 Å². The molecule has 1 aromatic rings. The molecule has 1 saturated carbocycles. The van der Waals surface area contributed by atoms with E-state index in [4.69, 9.17) is 10.5 Å². The van der Waals surface area contributed by atoms with Crippen molar-refractivity contribution in [3.8, 4) is 0 Å². The van der Waals surface area contributed by atoms with Crippen molar-refractivity contribution >= 4 is 5.91 Å². The molecule has 0 saturated heterocycles. The fourth-order valence-corrected chi connectivity index (χ4v) is 2.11. The van der Waals surface area contributed by atoms with Gasteiger partial charge >= 0.3 is 0 Å². The van der Waals surface area contributed by atoms with Gasteiger partial charge in [0.15, 0.2) is 0 Å². The molecular weight excluding hydrogens is 242 g/mol. The smallest absolute Gasteiger partial charge is 0.251 e. The van der Waals surface area contributed by atoms with Crippen LogP contribution in [0.1, 0.15) is 35.3 Å². The number of hydrogen-bond acceptors (Lipinski definition) is 4. The van der Waals surface area contributed by atoms with Gasteiger partial charge in [-0.05, 0) is 36.8 Å². The van der Waals surface area contributed by atoms with Crippen LogP contribution in [-0.2, 0) is 11.3 Å². The van der Waals surface area contributed by atoms with Gasteiger partial charge in [0.2, 0.25) is 0 Å². The van der Waals surface area contributed by atoms with Crippen LogP contribution in [0.3, 0.4) is 0 Å². The van der Waals surface area contributed by atoms with Crippen molar-refractivity contribution in [1.82, 2.24) is 10.3 Å². The van der Waals surface area contributed by atoms with Crippen LogP contribution < -0.4 is 11.1 Å². The Morgan fingerprint density at radius 3 is 3.00 bits per heavy atom. The fraction of sp³-hybridized carbons (Fsp3) is 0.571. The molecule has 5 heteroatoms. The largest absolute Gasteiger partial charge is 0.385 e. The molecule has 1 heterocycles. The number of rotatable bonds is 7. The average Bonchev–Trinajstić information content (AvgIpc) is 3.23. The lowest BCUT2D eigenvalue weighted by molar-refractivity contribution is 0.0937. The zero-order valence-corrected chi connectivity index (χ0v) is 11.3. The highest BCUT2D eigenvalue weighted by atomic mass is 16.5. The van der Waals surface area contributed by atoms with Gasteiger partial charge in [0.1, 0.15) is 0 Å². The van der Waals surface area contributed by atoms with Crippen LogP contribution in [0.25, 0.3) is 0 Å². The molecule has 3 N–H and O–H groups in total. The van der Waals surface area contributed by atoms with Crippen molar-refractivity contribution in [2.75, 3.05) is 20.3 Å². The second-order valence-corrected chi connectivity index (χ2v) is 5.17. The molecule has 1 fully saturated rings. The number of carbonyl (C=O) groups excluding carboxylic acids is 1. The van der Waals surface area contributed by atoms with E-state index < -0.39 is 0 Å². The van der Waals surface area contributed by atoms with Crippen molar-refractivity contribution in [3.05, 3.63) is 29.6 Å². The van der Waals surface area contributed by atoms with Crippen molar-refractivity contribution in [1.29, 1.82) is 0 Å². The highest BCUT2D eigenvalue weighted by Crippen LogP contribution is 2.48. The normalized spacial score (nSPS) is 16.1. The molecule has 5 nitrogen and oxygen atoms in total. The highest BCUT2D eigenvalue weighted by Gasteiger charge is 2.42. The Kier molecular flexibility index (Phi) is 4.50. The molecule has 104 valence electrons. The van der Waals surface area contributed by atoms with Gasteiger partial charge in [0.05, 0.1) is 5.69 Å². The van der Waals surface area contributed by atoms with Crippen molar-refractivity contribution in [3.63, 3.8) is 0 Å². The minimum Gasteiger partial charge on any atom is -0.385 e. The van der Waals surface area contributed by atoms with Gasteiger partial charge in [0, 0.05) is 38.6 Å². The van der Waals surface area contributed by atoms with E-state index in [1.165, 1.54) is 12.8 Å². The van der Waals surface area contributed by atoms with E-state index in [0.717, 1.165) is 25.3 Å². The van der Waals surface area contributed by atoms with Gasteiger partial charge in [-0.15, -0.1) is 0 Å². The predicted molar refractivity (Wildman–Crippen MR) is 72.6 cm³/mol. The summed E-state index contributed by atoms with van der Waals surface area (Å²) in [4.78, 5) is 16.1. The summed E-state index contributed by atoms with van der Waals surface area (Å²) < 4.78 is 5.10. The number of nitrogens with zero attached hydrogens (tertiary/aromatic N) is 1. The minimum absolute atomic E-state index is 0.0548. The van der Waals surface area contributed by atoms with E-state index in [0.29, 0.717) is 12.1 Å². The number of hydrogen-bond donors (Lipinski definition) is 2. The molecule has 0 atom stereocenters. The zero-order valence-electron chi connectivity index (χ0n) is 11.3. The summed E-state index contributed by atoms with van der Waals surface area (Å²) in [5.41, 5.74) is 7.13. The van der Waals surface area contributed by atoms with Gasteiger partial charge in [-0.1, -0.05) is 0 Å². The topological polar surface area (TPSA) is 77.2 Å². The standard InChI is InChI=1S/C14H21N3O2/c1-19-7-5-14(3-4-14)10-17-13(18)11-2-6-16-12(8-11)9-15/h2,6,8H,3-5,7,9-10,15H2,1H3,(H,17,18). The first kappa shape index (κ1) is 14.0. The average molecular weight is 263 g/mol. The Labute approximate surface area is 113 Å². The first-order chi connectivity index (χ1) is 9.19. The molecule has 0 bridgehead atoms. The number of nitrogens with one attached hydrogen (secondary N) is 1. The van der Waals surface area contributed by atoms with Gasteiger partial charge in [-0.25, -0.2) is 0 Å². The summed E-state index contributed by atoms with van der Waals surface area (Å²) in [5.74, 6) is -0.0548. The number of pyridine rings is 1. The highest BCUT2D eigenvalue weighted by molar-refractivity contribution is 5.94. The van der Waals surface area contributed by atoms with Crippen LogP contribution in [0.2, 0.25) is 0 Å². The molecule has 0 aromatic carbocycles. The van der Waals surface area contributed by atoms with Gasteiger partial charge in [0.25, 0.3) is 5.91 Å². The molecule has 0 unspecified atom stereocenters. The summed E-state index contributed by atoms with van der Waals surface area (Å²) >= 11 is 0. The molecule has 19 heavy (non-hydrogen) atoms. The molecule has 1 aliphatic carbocycles. The second kappa shape index (κ2) is 6.12. The van der Waals surface area contributed by atoms with Crippen molar-refractivity contribution < 1.29 is 9.53 Å². The SMILES string of the molecule is COCCC1(CNC(=O)c2ccnc(CN)c2)CC1. The van der Waals surface area contributed by atoms with E-state index in [9.17, 15) is 4.79 Å². The maximum Gasteiger partial charge on any atom is 0.251 e. The molecule has 2 rings (SSSR count). The summed E-state index contributed by atoms with van der Waals surface area (Å²) in [6, 6.07) is 3.45. The second-order valence-electron chi connectivity index (χ2n) is 5.17. The number of ether oxygens (including phenoxy) is 1. The number of amides is 1. The maximum absolute atomic E-state index is 12.1. The van der Waals surface area contributed by atoms with Crippen LogP contribution >= 0.6 is 0 Å². The number of methoxy groups -OCH3 is 1. The number of nitrogens with two attached hydrogens (primary N) is 1. The minimum atomic E-state index is -0.0548. The van der Waals surface area contributed by atoms with Gasteiger partial charge in [-0.2, -0.15) is 0 Å². The molecule has 0 radical (unpaired) electrons. The van der Waals surface area contributed by atoms with Crippen LogP contribution in [0.15, 0.2) is 18.3 Å². The lowest BCUT2D eigenvalue weighted by atomic mass is 10.0. The fourth-order valence-electron chi connectivity index (χ4n) is 2.11. The third-order valence-electron chi connectivity index (χ3n) is 3.71. The summed E-state index contributed by atoms with van der Waals surface area (Å²) in [5, 5.41) is 3.00. The number of aromatic nitrogens is 1. The lowest BCUT2D eigenvalue weighted by Gasteiger charge is -2.15. The van der Waals surface area contributed by atoms with Crippen LogP contribution in [0, 0.1) is 5.41 Å². The van der Waals surface area contributed by atoms with E-state index in [-0.39, 0.29) is 11.3 Å². The molecule has 1 amide bonds. The Balaban J connectivity index is 1.87. The maximum atomic E-state index is 12.1. The van der Waals surface area contributed by atoms with E-state index in [1.807, 2.05) is 0 Å². The predicted octanol–water partition coefficient (Wildman–Crippen LogP) is 1.09. The summed E-state index contributed by atoms with van der Waals surface area (Å²) in [6.45, 7) is 1.82. The van der Waals surface area contributed by atoms with Gasteiger partial charge < -0.3 is 15.8 Å². The number of carbonyl (C=O) groups is 1. The van der Waals surface area contributed by atoms with Crippen molar-refractivity contribution in [2.45, 2.75) is 25.8 Å². The quantitative estimate of drug-likeness (QED) is 0.772.